The van der Waals surface area contributed by atoms with E-state index in [1.165, 1.54) is 6.42 Å². The van der Waals surface area contributed by atoms with Gasteiger partial charge in [-0.05, 0) is 19.4 Å². The van der Waals surface area contributed by atoms with Crippen molar-refractivity contribution in [3.8, 4) is 0 Å². The van der Waals surface area contributed by atoms with Gasteiger partial charge < -0.3 is 5.11 Å². The first-order chi connectivity index (χ1) is 4.30. The normalized spacial score (nSPS) is 46.4. The highest BCUT2D eigenvalue weighted by Gasteiger charge is 2.54. The summed E-state index contributed by atoms with van der Waals surface area (Å²) in [5.41, 5.74) is 0. The zero-order valence-corrected chi connectivity index (χ0v) is 5.08. The lowest BCUT2D eigenvalue weighted by Crippen LogP contribution is -2.14. The summed E-state index contributed by atoms with van der Waals surface area (Å²) in [4.78, 5) is 12.4. The van der Waals surface area contributed by atoms with Crippen molar-refractivity contribution in [2.24, 2.45) is 0 Å². The van der Waals surface area contributed by atoms with Crippen molar-refractivity contribution >= 4 is 5.97 Å². The Balaban J connectivity index is 2.02. The molecule has 2 aliphatic rings. The molecule has 0 radical (unpaired) electrons. The predicted molar refractivity (Wildman–Crippen MR) is 31.2 cm³/mol. The highest BCUT2D eigenvalue weighted by molar-refractivity contribution is 5.78. The maximum absolute atomic E-state index is 10.3. The molecule has 2 saturated heterocycles. The lowest BCUT2D eigenvalue weighted by Gasteiger charge is -1.93. The van der Waals surface area contributed by atoms with E-state index in [0.717, 1.165) is 13.0 Å². The zero-order valence-electron chi connectivity index (χ0n) is 5.08. The van der Waals surface area contributed by atoms with Gasteiger partial charge in [0.15, 0.2) is 0 Å². The van der Waals surface area contributed by atoms with Crippen LogP contribution >= 0.6 is 0 Å². The smallest absolute Gasteiger partial charge is 0.322 e. The molecule has 50 valence electrons. The molecule has 0 bridgehead atoms. The molecule has 1 N–H and O–H groups in total. The van der Waals surface area contributed by atoms with Crippen molar-refractivity contribution in [3.05, 3.63) is 0 Å². The van der Waals surface area contributed by atoms with Crippen LogP contribution in [0.1, 0.15) is 12.8 Å². The Hall–Kier alpha value is -0.570. The van der Waals surface area contributed by atoms with Gasteiger partial charge >= 0.3 is 5.97 Å². The summed E-state index contributed by atoms with van der Waals surface area (Å²) in [5, 5.41) is 8.52. The molecular formula is C6H9NO2. The number of hydrogen-bond donors (Lipinski definition) is 1. The lowest BCUT2D eigenvalue weighted by atomic mass is 10.2. The maximum Gasteiger partial charge on any atom is 0.322 e. The predicted octanol–water partition coefficient (Wildman–Crippen LogP) is -0.0824. The average Bonchev–Trinajstić information content (AvgIpc) is 2.30. The van der Waals surface area contributed by atoms with Crippen LogP contribution in [-0.2, 0) is 4.79 Å². The van der Waals surface area contributed by atoms with Gasteiger partial charge in [-0.25, -0.2) is 0 Å². The van der Waals surface area contributed by atoms with Crippen molar-refractivity contribution in [1.29, 1.82) is 0 Å². The second-order valence-corrected chi connectivity index (χ2v) is 2.73. The molecule has 0 aromatic carbocycles. The lowest BCUT2D eigenvalue weighted by molar-refractivity contribution is -0.137. The standard InChI is InChI=1S/C6H9NO2/c8-6(9)5-4-2-1-3-7(4)5/h4-5H,1-3H2,(H,8,9)/t4-,5-,7?/m1/s1. The Labute approximate surface area is 53.3 Å². The number of fused-ring (bicyclic) bond motifs is 1. The molecule has 3 heteroatoms. The Kier molecular flexibility index (Phi) is 0.858. The molecule has 1 unspecified atom stereocenters. The molecule has 9 heavy (non-hydrogen) atoms. The fourth-order valence-corrected chi connectivity index (χ4v) is 1.75. The first-order valence-corrected chi connectivity index (χ1v) is 3.29. The molecule has 3 nitrogen and oxygen atoms in total. The molecule has 0 aromatic rings. The van der Waals surface area contributed by atoms with Crippen LogP contribution in [0.15, 0.2) is 0 Å². The Morgan fingerprint density at radius 3 is 2.78 bits per heavy atom. The molecule has 0 aromatic heterocycles. The van der Waals surface area contributed by atoms with Gasteiger partial charge in [0.2, 0.25) is 0 Å². The molecule has 3 atom stereocenters. The van der Waals surface area contributed by atoms with E-state index in [4.69, 9.17) is 5.11 Å². The van der Waals surface area contributed by atoms with E-state index in [0.29, 0.717) is 6.04 Å². The highest BCUT2D eigenvalue weighted by atomic mass is 16.4. The largest absolute Gasteiger partial charge is 0.480 e. The summed E-state index contributed by atoms with van der Waals surface area (Å²) in [6.45, 7) is 1.00. The van der Waals surface area contributed by atoms with Crippen LogP contribution in [0.4, 0.5) is 0 Å². The van der Waals surface area contributed by atoms with Crippen molar-refractivity contribution in [1.82, 2.24) is 4.90 Å². The third-order valence-corrected chi connectivity index (χ3v) is 2.23. The zero-order chi connectivity index (χ0) is 6.43. The van der Waals surface area contributed by atoms with E-state index in [-0.39, 0.29) is 6.04 Å². The monoisotopic (exact) mass is 127 g/mol. The number of carboxylic acid groups (broad SMARTS) is 1. The van der Waals surface area contributed by atoms with E-state index in [9.17, 15) is 4.79 Å². The van der Waals surface area contributed by atoms with Crippen LogP contribution in [0.25, 0.3) is 0 Å². The van der Waals surface area contributed by atoms with E-state index in [2.05, 4.69) is 0 Å². The minimum atomic E-state index is -0.639. The minimum Gasteiger partial charge on any atom is -0.480 e. The fourth-order valence-electron chi connectivity index (χ4n) is 1.75. The first kappa shape index (κ1) is 5.23. The van der Waals surface area contributed by atoms with Gasteiger partial charge in [-0.15, -0.1) is 0 Å². The SMILES string of the molecule is O=C(O)[C@H]1[C@H]2CCCN21. The summed E-state index contributed by atoms with van der Waals surface area (Å²) >= 11 is 0. The number of carboxylic acids is 1. The second kappa shape index (κ2) is 1.48. The first-order valence-electron chi connectivity index (χ1n) is 3.29. The van der Waals surface area contributed by atoms with Gasteiger partial charge in [0.05, 0.1) is 0 Å². The van der Waals surface area contributed by atoms with Crippen LogP contribution in [0.5, 0.6) is 0 Å². The third-order valence-electron chi connectivity index (χ3n) is 2.23. The molecule has 0 aliphatic carbocycles. The maximum atomic E-state index is 10.3. The van der Waals surface area contributed by atoms with Crippen molar-refractivity contribution < 1.29 is 9.90 Å². The molecular weight excluding hydrogens is 118 g/mol. The van der Waals surface area contributed by atoms with Crippen LogP contribution in [0.2, 0.25) is 0 Å². The Bertz CT molecular complexity index is 147. The van der Waals surface area contributed by atoms with Crippen molar-refractivity contribution in [2.75, 3.05) is 6.54 Å². The molecule has 2 heterocycles. The van der Waals surface area contributed by atoms with E-state index >= 15 is 0 Å². The summed E-state index contributed by atoms with van der Waals surface area (Å²) < 4.78 is 0. The number of nitrogens with zero attached hydrogens (tertiary/aromatic N) is 1. The van der Waals surface area contributed by atoms with Gasteiger partial charge in [0, 0.05) is 6.04 Å². The highest BCUT2D eigenvalue weighted by Crippen LogP contribution is 2.37. The Morgan fingerprint density at radius 2 is 2.44 bits per heavy atom. The topological polar surface area (TPSA) is 40.3 Å². The van der Waals surface area contributed by atoms with Gasteiger partial charge in [-0.1, -0.05) is 0 Å². The number of carbonyl (C=O) groups is 1. The van der Waals surface area contributed by atoms with E-state index in [1.54, 1.807) is 0 Å². The molecule has 0 spiro atoms. The van der Waals surface area contributed by atoms with Gasteiger partial charge in [-0.3, -0.25) is 9.69 Å². The molecule has 0 saturated carbocycles. The Morgan fingerprint density at radius 1 is 1.67 bits per heavy atom. The van der Waals surface area contributed by atoms with Crippen LogP contribution < -0.4 is 0 Å². The summed E-state index contributed by atoms with van der Waals surface area (Å²) in [7, 11) is 0. The molecule has 2 fully saturated rings. The minimum absolute atomic E-state index is 0.112. The van der Waals surface area contributed by atoms with Crippen molar-refractivity contribution in [2.45, 2.75) is 24.9 Å². The fraction of sp³-hybridized carbons (Fsp3) is 0.833. The molecule has 2 rings (SSSR count). The number of aliphatic carboxylic acids is 1. The third kappa shape index (κ3) is 0.580. The second-order valence-electron chi connectivity index (χ2n) is 2.73. The van der Waals surface area contributed by atoms with Crippen LogP contribution in [-0.4, -0.2) is 34.6 Å². The van der Waals surface area contributed by atoms with Crippen molar-refractivity contribution in [3.63, 3.8) is 0 Å². The molecule has 0 amide bonds. The number of rotatable bonds is 1. The van der Waals surface area contributed by atoms with E-state index in [1.807, 2.05) is 4.90 Å². The summed E-state index contributed by atoms with van der Waals surface area (Å²) in [6, 6.07) is 0.293. The number of hydrogen-bond acceptors (Lipinski definition) is 2. The molecule has 2 aliphatic heterocycles. The average molecular weight is 127 g/mol. The quantitative estimate of drug-likeness (QED) is 0.501. The van der Waals surface area contributed by atoms with Gasteiger partial charge in [0.25, 0.3) is 0 Å². The summed E-state index contributed by atoms with van der Waals surface area (Å²) in [5.74, 6) is -0.639. The van der Waals surface area contributed by atoms with Gasteiger partial charge in [-0.2, -0.15) is 0 Å². The van der Waals surface area contributed by atoms with Crippen LogP contribution in [0.3, 0.4) is 0 Å². The van der Waals surface area contributed by atoms with Gasteiger partial charge in [0.1, 0.15) is 6.04 Å². The van der Waals surface area contributed by atoms with Crippen LogP contribution in [0, 0.1) is 0 Å². The number of piperidine rings is 1. The summed E-state index contributed by atoms with van der Waals surface area (Å²) in [6.07, 6.45) is 2.28. The van der Waals surface area contributed by atoms with E-state index < -0.39 is 5.97 Å².